The number of fused-ring (bicyclic) bond motifs is 1. The molecule has 0 atom stereocenters. The molecule has 0 aliphatic carbocycles. The number of rotatable bonds is 2. The van der Waals surface area contributed by atoms with Crippen LogP contribution in [0.5, 0.6) is 5.75 Å². The number of imidazole rings is 1. The van der Waals surface area contributed by atoms with Crippen LogP contribution in [0, 0.1) is 6.92 Å². The number of hydrogen-bond acceptors (Lipinski definition) is 2. The summed E-state index contributed by atoms with van der Waals surface area (Å²) in [5.41, 5.74) is 3.99. The highest BCUT2D eigenvalue weighted by Gasteiger charge is 2.06. The summed E-state index contributed by atoms with van der Waals surface area (Å²) < 4.78 is 2.02. The number of nitrogens with zero attached hydrogens (tertiary/aromatic N) is 2. The molecule has 3 aromatic rings. The van der Waals surface area contributed by atoms with E-state index in [4.69, 9.17) is 0 Å². The molecule has 90 valence electrons. The molecule has 2 aromatic heterocycles. The minimum absolute atomic E-state index is 0.325. The molecule has 1 aromatic carbocycles. The molecule has 1 N–H and O–H groups in total. The maximum Gasteiger partial charge on any atom is 0.139 e. The van der Waals surface area contributed by atoms with E-state index in [0.717, 1.165) is 22.5 Å². The van der Waals surface area contributed by atoms with Crippen LogP contribution in [0.15, 0.2) is 48.8 Å². The molecule has 3 rings (SSSR count). The van der Waals surface area contributed by atoms with Gasteiger partial charge in [-0.3, -0.25) is 0 Å². The summed E-state index contributed by atoms with van der Waals surface area (Å²) in [5.74, 6) is 0.325. The van der Waals surface area contributed by atoms with Crippen molar-refractivity contribution in [1.82, 2.24) is 9.38 Å². The van der Waals surface area contributed by atoms with Crippen molar-refractivity contribution in [3.8, 4) is 5.75 Å². The molecule has 18 heavy (non-hydrogen) atoms. The van der Waals surface area contributed by atoms with Gasteiger partial charge in [0.1, 0.15) is 11.4 Å². The molecule has 0 fully saturated rings. The second-order valence-electron chi connectivity index (χ2n) is 4.46. The summed E-state index contributed by atoms with van der Waals surface area (Å²) in [6.45, 7) is 2.05. The highest BCUT2D eigenvalue weighted by molar-refractivity contribution is 5.48. The van der Waals surface area contributed by atoms with Crippen LogP contribution in [0.2, 0.25) is 0 Å². The van der Waals surface area contributed by atoms with Crippen molar-refractivity contribution >= 4 is 5.65 Å². The van der Waals surface area contributed by atoms with Crippen LogP contribution >= 0.6 is 0 Å². The van der Waals surface area contributed by atoms with Crippen molar-refractivity contribution in [3.63, 3.8) is 0 Å². The third-order valence-electron chi connectivity index (χ3n) is 3.09. The van der Waals surface area contributed by atoms with Gasteiger partial charge in [-0.15, -0.1) is 0 Å². The molecule has 0 bridgehead atoms. The predicted molar refractivity (Wildman–Crippen MR) is 70.8 cm³/mol. The maximum atomic E-state index is 9.77. The van der Waals surface area contributed by atoms with Crippen molar-refractivity contribution in [3.05, 3.63) is 65.6 Å². The smallest absolute Gasteiger partial charge is 0.139 e. The number of benzene rings is 1. The zero-order valence-electron chi connectivity index (χ0n) is 10.2. The van der Waals surface area contributed by atoms with E-state index >= 15 is 0 Å². The molecule has 0 radical (unpaired) electrons. The van der Waals surface area contributed by atoms with Crippen LogP contribution < -0.4 is 0 Å². The Morgan fingerprint density at radius 1 is 1.17 bits per heavy atom. The Labute approximate surface area is 105 Å². The number of aryl methyl sites for hydroxylation is 1. The van der Waals surface area contributed by atoms with Crippen molar-refractivity contribution in [2.75, 3.05) is 0 Å². The van der Waals surface area contributed by atoms with Gasteiger partial charge in [-0.05, 0) is 30.2 Å². The second-order valence-corrected chi connectivity index (χ2v) is 4.46. The Morgan fingerprint density at radius 2 is 2.00 bits per heavy atom. The van der Waals surface area contributed by atoms with Crippen LogP contribution in [0.4, 0.5) is 0 Å². The predicted octanol–water partition coefficient (Wildman–Crippen LogP) is 2.94. The quantitative estimate of drug-likeness (QED) is 0.745. The number of pyridine rings is 1. The summed E-state index contributed by atoms with van der Waals surface area (Å²) in [7, 11) is 0. The molecular formula is C15H14N2O. The van der Waals surface area contributed by atoms with E-state index in [1.165, 1.54) is 0 Å². The average Bonchev–Trinajstić information content (AvgIpc) is 2.76. The number of para-hydroxylation sites is 1. The third kappa shape index (κ3) is 1.84. The first-order valence-corrected chi connectivity index (χ1v) is 5.94. The Morgan fingerprint density at radius 3 is 2.78 bits per heavy atom. The van der Waals surface area contributed by atoms with Gasteiger partial charge in [-0.1, -0.05) is 24.3 Å². The van der Waals surface area contributed by atoms with Gasteiger partial charge >= 0.3 is 0 Å². The fourth-order valence-corrected chi connectivity index (χ4v) is 2.15. The van der Waals surface area contributed by atoms with Crippen molar-refractivity contribution < 1.29 is 5.11 Å². The molecule has 0 aliphatic rings. The van der Waals surface area contributed by atoms with Gasteiger partial charge in [0.25, 0.3) is 0 Å². The Bertz CT molecular complexity index is 701. The number of phenolic OH excluding ortho intramolecular Hbond substituents is 1. The normalized spacial score (nSPS) is 10.9. The topological polar surface area (TPSA) is 37.5 Å². The second kappa shape index (κ2) is 4.18. The first-order valence-electron chi connectivity index (χ1n) is 5.94. The number of aromatic nitrogens is 2. The molecule has 0 aliphatic heterocycles. The summed E-state index contributed by atoms with van der Waals surface area (Å²) in [5, 5.41) is 9.77. The van der Waals surface area contributed by atoms with Gasteiger partial charge in [0.15, 0.2) is 0 Å². The lowest BCUT2D eigenvalue weighted by Crippen LogP contribution is -1.88. The number of hydrogen-bond donors (Lipinski definition) is 1. The van der Waals surface area contributed by atoms with Gasteiger partial charge in [-0.2, -0.15) is 0 Å². The molecule has 0 saturated carbocycles. The minimum Gasteiger partial charge on any atom is -0.508 e. The van der Waals surface area contributed by atoms with Gasteiger partial charge in [0.05, 0.1) is 5.69 Å². The fraction of sp³-hybridized carbons (Fsp3) is 0.133. The zero-order chi connectivity index (χ0) is 12.5. The van der Waals surface area contributed by atoms with Gasteiger partial charge in [0.2, 0.25) is 0 Å². The molecule has 2 heterocycles. The minimum atomic E-state index is 0.325. The van der Waals surface area contributed by atoms with Crippen molar-refractivity contribution in [2.24, 2.45) is 0 Å². The highest BCUT2D eigenvalue weighted by atomic mass is 16.3. The SMILES string of the molecule is Cc1cccn2cc(Cc3ccccc3O)nc12. The van der Waals surface area contributed by atoms with E-state index in [-0.39, 0.29) is 0 Å². The largest absolute Gasteiger partial charge is 0.508 e. The van der Waals surface area contributed by atoms with Crippen LogP contribution in [0.25, 0.3) is 5.65 Å². The number of aromatic hydroxyl groups is 1. The first-order chi connectivity index (χ1) is 8.74. The van der Waals surface area contributed by atoms with E-state index in [0.29, 0.717) is 12.2 Å². The zero-order valence-corrected chi connectivity index (χ0v) is 10.2. The van der Waals surface area contributed by atoms with E-state index < -0.39 is 0 Å². The first kappa shape index (κ1) is 10.8. The Kier molecular flexibility index (Phi) is 2.52. The Hall–Kier alpha value is -2.29. The third-order valence-corrected chi connectivity index (χ3v) is 3.09. The lowest BCUT2D eigenvalue weighted by Gasteiger charge is -2.00. The van der Waals surface area contributed by atoms with Crippen LogP contribution in [-0.2, 0) is 6.42 Å². The molecular weight excluding hydrogens is 224 g/mol. The van der Waals surface area contributed by atoms with Crippen molar-refractivity contribution in [2.45, 2.75) is 13.3 Å². The van der Waals surface area contributed by atoms with Gasteiger partial charge < -0.3 is 9.51 Å². The van der Waals surface area contributed by atoms with Crippen molar-refractivity contribution in [1.29, 1.82) is 0 Å². The molecule has 0 spiro atoms. The highest BCUT2D eigenvalue weighted by Crippen LogP contribution is 2.20. The summed E-state index contributed by atoms with van der Waals surface area (Å²) in [6, 6.07) is 11.4. The average molecular weight is 238 g/mol. The van der Waals surface area contributed by atoms with Gasteiger partial charge in [-0.25, -0.2) is 4.98 Å². The van der Waals surface area contributed by atoms with Crippen LogP contribution in [-0.4, -0.2) is 14.5 Å². The molecule has 3 nitrogen and oxygen atoms in total. The van der Waals surface area contributed by atoms with E-state index in [1.807, 2.05) is 54.0 Å². The molecule has 0 saturated heterocycles. The molecule has 0 amide bonds. The standard InChI is InChI=1S/C15H14N2O/c1-11-5-4-8-17-10-13(16-15(11)17)9-12-6-2-3-7-14(12)18/h2-8,10,18H,9H2,1H3. The molecule has 3 heteroatoms. The van der Waals surface area contributed by atoms with Crippen LogP contribution in [0.3, 0.4) is 0 Å². The lowest BCUT2D eigenvalue weighted by molar-refractivity contribution is 0.469. The summed E-state index contributed by atoms with van der Waals surface area (Å²) in [6.07, 6.45) is 4.65. The fourth-order valence-electron chi connectivity index (χ4n) is 2.15. The van der Waals surface area contributed by atoms with Crippen LogP contribution in [0.1, 0.15) is 16.8 Å². The van der Waals surface area contributed by atoms with Gasteiger partial charge in [0, 0.05) is 18.8 Å². The van der Waals surface area contributed by atoms with E-state index in [1.54, 1.807) is 6.07 Å². The summed E-state index contributed by atoms with van der Waals surface area (Å²) in [4.78, 5) is 4.60. The lowest BCUT2D eigenvalue weighted by atomic mass is 10.1. The van der Waals surface area contributed by atoms with E-state index in [2.05, 4.69) is 4.98 Å². The summed E-state index contributed by atoms with van der Waals surface area (Å²) >= 11 is 0. The Balaban J connectivity index is 2.01. The maximum absolute atomic E-state index is 9.77. The van der Waals surface area contributed by atoms with E-state index in [9.17, 15) is 5.11 Å². The molecule has 0 unspecified atom stereocenters. The number of phenols is 1. The monoisotopic (exact) mass is 238 g/mol.